The van der Waals surface area contributed by atoms with Crippen LogP contribution < -0.4 is 0 Å². The summed E-state index contributed by atoms with van der Waals surface area (Å²) in [5.74, 6) is 0.207. The number of aromatic hydroxyl groups is 1. The zero-order chi connectivity index (χ0) is 34.1. The fourth-order valence-electron chi connectivity index (χ4n) is 7.35. The predicted octanol–water partition coefficient (Wildman–Crippen LogP) is 10.5. The van der Waals surface area contributed by atoms with Gasteiger partial charge in [-0.1, -0.05) is 102 Å². The van der Waals surface area contributed by atoms with Gasteiger partial charge in [0.1, 0.15) is 11.4 Å². The molecule has 8 rings (SSSR count). The van der Waals surface area contributed by atoms with E-state index in [1.54, 1.807) is 6.07 Å². The van der Waals surface area contributed by atoms with Crippen molar-refractivity contribution in [3.63, 3.8) is 0 Å². The molecule has 0 bridgehead atoms. The third kappa shape index (κ3) is 5.42. The Hall–Kier alpha value is -4.79. The van der Waals surface area contributed by atoms with Gasteiger partial charge >= 0.3 is 0 Å². The molecule has 4 aromatic carbocycles. The SMILES string of the molecule is CC(C)(C)c1ccc2c(c1)C(c1[c-]c(-c3cn4ccccc4n3)ccc1)(c1cccc(-c3ccccc3O)n1)c1cc(C(C)(C)C)ccc1-2.[Pt]. The molecule has 4 nitrogen and oxygen atoms in total. The van der Waals surface area contributed by atoms with E-state index >= 15 is 0 Å². The van der Waals surface area contributed by atoms with Crippen LogP contribution in [0.15, 0.2) is 128 Å². The number of hydrogen-bond donors (Lipinski definition) is 1. The van der Waals surface area contributed by atoms with Gasteiger partial charge in [-0.15, -0.1) is 35.4 Å². The van der Waals surface area contributed by atoms with Gasteiger partial charge in [0.15, 0.2) is 0 Å². The van der Waals surface area contributed by atoms with E-state index in [-0.39, 0.29) is 37.6 Å². The Morgan fingerprint density at radius 2 is 1.26 bits per heavy atom. The number of imidazole rings is 1. The van der Waals surface area contributed by atoms with E-state index in [4.69, 9.17) is 9.97 Å². The standard InChI is InChI=1S/C45H40N3O.Pt/c1-43(2,3)30-20-22-33-34-23-21-31(44(4,5)6)27-37(34)45(36(33)26-30,41-18-12-16-38(46-41)35-15-7-8-17-40(35)49)32-14-11-13-29(25-32)39-28-48-24-10-9-19-42(48)47-39;/h7-24,26-28,49H,1-6H3;/q-1;. The molecular formula is C45H40N3OPt-. The number of nitrogens with zero attached hydrogens (tertiary/aromatic N) is 3. The maximum atomic E-state index is 10.9. The molecule has 0 saturated heterocycles. The van der Waals surface area contributed by atoms with Gasteiger partial charge < -0.3 is 9.51 Å². The summed E-state index contributed by atoms with van der Waals surface area (Å²) in [6.45, 7) is 13.6. The van der Waals surface area contributed by atoms with Crippen molar-refractivity contribution in [3.8, 4) is 39.4 Å². The molecule has 5 heteroatoms. The molecule has 0 atom stereocenters. The molecular weight excluding hydrogens is 794 g/mol. The summed E-state index contributed by atoms with van der Waals surface area (Å²) in [4.78, 5) is 10.4. The maximum absolute atomic E-state index is 10.9. The van der Waals surface area contributed by atoms with Crippen molar-refractivity contribution >= 4 is 5.65 Å². The van der Waals surface area contributed by atoms with Crippen molar-refractivity contribution in [3.05, 3.63) is 167 Å². The summed E-state index contributed by atoms with van der Waals surface area (Å²) in [6.07, 6.45) is 4.09. The molecule has 0 fully saturated rings. The molecule has 0 amide bonds. The third-order valence-corrected chi connectivity index (χ3v) is 10.0. The molecule has 7 aromatic rings. The van der Waals surface area contributed by atoms with Crippen LogP contribution in [0.1, 0.15) is 75.1 Å². The average molecular weight is 834 g/mol. The van der Waals surface area contributed by atoms with Gasteiger partial charge in [0.25, 0.3) is 0 Å². The Labute approximate surface area is 309 Å². The number of rotatable bonds is 4. The topological polar surface area (TPSA) is 50.4 Å². The minimum Gasteiger partial charge on any atom is -0.507 e. The molecule has 0 spiro atoms. The van der Waals surface area contributed by atoms with Gasteiger partial charge in [-0.2, -0.15) is 0 Å². The van der Waals surface area contributed by atoms with Crippen LogP contribution >= 0.6 is 0 Å². The van der Waals surface area contributed by atoms with Crippen molar-refractivity contribution in [2.45, 2.75) is 57.8 Å². The van der Waals surface area contributed by atoms with Crippen molar-refractivity contribution in [1.29, 1.82) is 0 Å². The first-order valence-electron chi connectivity index (χ1n) is 17.0. The van der Waals surface area contributed by atoms with E-state index in [9.17, 15) is 5.11 Å². The van der Waals surface area contributed by atoms with Gasteiger partial charge in [-0.25, -0.2) is 0 Å². The Balaban J connectivity index is 0.00000392. The van der Waals surface area contributed by atoms with E-state index in [0.717, 1.165) is 33.9 Å². The number of pyridine rings is 2. The first-order chi connectivity index (χ1) is 23.4. The van der Waals surface area contributed by atoms with Crippen LogP contribution in [0, 0.1) is 6.07 Å². The van der Waals surface area contributed by atoms with E-state index in [1.807, 2.05) is 53.1 Å². The van der Waals surface area contributed by atoms with Gasteiger partial charge in [0.05, 0.1) is 16.8 Å². The second-order valence-electron chi connectivity index (χ2n) is 15.3. The normalized spacial score (nSPS) is 13.5. The third-order valence-electron chi connectivity index (χ3n) is 10.0. The summed E-state index contributed by atoms with van der Waals surface area (Å²) >= 11 is 0. The van der Waals surface area contributed by atoms with Gasteiger partial charge in [0.2, 0.25) is 0 Å². The molecule has 0 aliphatic heterocycles. The summed E-state index contributed by atoms with van der Waals surface area (Å²) in [5.41, 5.74) is 12.3. The molecule has 0 unspecified atom stereocenters. The minimum absolute atomic E-state index is 0. The number of phenols is 1. The zero-order valence-electron chi connectivity index (χ0n) is 29.2. The Kier molecular flexibility index (Phi) is 8.23. The molecule has 252 valence electrons. The fourth-order valence-corrected chi connectivity index (χ4v) is 7.35. The smallest absolute Gasteiger partial charge is 0.126 e. The summed E-state index contributed by atoms with van der Waals surface area (Å²) in [6, 6.07) is 43.9. The predicted molar refractivity (Wildman–Crippen MR) is 199 cm³/mol. The van der Waals surface area contributed by atoms with Crippen LogP contribution in [0.2, 0.25) is 0 Å². The first kappa shape index (κ1) is 33.7. The number of fused-ring (bicyclic) bond motifs is 4. The number of benzene rings is 4. The molecule has 1 N–H and O–H groups in total. The second kappa shape index (κ2) is 12.2. The fraction of sp³-hybridized carbons (Fsp3) is 0.200. The van der Waals surface area contributed by atoms with Crippen LogP contribution in [0.5, 0.6) is 5.75 Å². The van der Waals surface area contributed by atoms with Crippen LogP contribution in [0.25, 0.3) is 39.3 Å². The van der Waals surface area contributed by atoms with Crippen LogP contribution in [0.3, 0.4) is 0 Å². The van der Waals surface area contributed by atoms with Crippen molar-refractivity contribution in [2.75, 3.05) is 0 Å². The van der Waals surface area contributed by atoms with E-state index < -0.39 is 5.41 Å². The number of aromatic nitrogens is 3. The largest absolute Gasteiger partial charge is 0.507 e. The molecule has 3 aromatic heterocycles. The second-order valence-corrected chi connectivity index (χ2v) is 15.3. The van der Waals surface area contributed by atoms with Crippen molar-refractivity contribution in [1.82, 2.24) is 14.4 Å². The molecule has 50 heavy (non-hydrogen) atoms. The van der Waals surface area contributed by atoms with Gasteiger partial charge in [-0.05, 0) is 86.8 Å². The number of hydrogen-bond acceptors (Lipinski definition) is 3. The number of para-hydroxylation sites is 1. The Bertz CT molecular complexity index is 2300. The molecule has 3 heterocycles. The van der Waals surface area contributed by atoms with Crippen molar-refractivity contribution < 1.29 is 26.2 Å². The summed E-state index contributed by atoms with van der Waals surface area (Å²) in [5, 5.41) is 10.9. The number of phenolic OH excluding ortho intramolecular Hbond substituents is 1. The van der Waals surface area contributed by atoms with E-state index in [1.165, 1.54) is 33.4 Å². The van der Waals surface area contributed by atoms with Crippen molar-refractivity contribution in [2.24, 2.45) is 0 Å². The first-order valence-corrected chi connectivity index (χ1v) is 17.0. The molecule has 1 aliphatic rings. The summed E-state index contributed by atoms with van der Waals surface area (Å²) in [7, 11) is 0. The van der Waals surface area contributed by atoms with Crippen LogP contribution in [0.4, 0.5) is 0 Å². The quantitative estimate of drug-likeness (QED) is 0.180. The van der Waals surface area contributed by atoms with Crippen LogP contribution in [-0.4, -0.2) is 19.5 Å². The molecule has 0 saturated carbocycles. The van der Waals surface area contributed by atoms with Gasteiger partial charge in [0, 0.05) is 38.5 Å². The average Bonchev–Trinajstić information content (AvgIpc) is 3.65. The van der Waals surface area contributed by atoms with Gasteiger partial charge in [-0.3, -0.25) is 9.97 Å². The van der Waals surface area contributed by atoms with E-state index in [2.05, 4.69) is 121 Å². The zero-order valence-corrected chi connectivity index (χ0v) is 31.5. The van der Waals surface area contributed by atoms with Crippen LogP contribution in [-0.2, 0) is 37.3 Å². The minimum atomic E-state index is -0.803. The summed E-state index contributed by atoms with van der Waals surface area (Å²) < 4.78 is 2.05. The monoisotopic (exact) mass is 833 g/mol. The molecule has 1 aliphatic carbocycles. The molecule has 0 radical (unpaired) electrons. The maximum Gasteiger partial charge on any atom is 0.126 e. The Morgan fingerprint density at radius 3 is 1.90 bits per heavy atom. The Morgan fingerprint density at radius 1 is 0.620 bits per heavy atom. The van der Waals surface area contributed by atoms with E-state index in [0.29, 0.717) is 5.56 Å².